The molecule has 1 aliphatic heterocycles. The van der Waals surface area contributed by atoms with Crippen LogP contribution < -0.4 is 5.32 Å². The third kappa shape index (κ3) is 2.35. The first-order chi connectivity index (χ1) is 7.63. The van der Waals surface area contributed by atoms with Crippen molar-refractivity contribution < 1.29 is 20.4 Å². The van der Waals surface area contributed by atoms with E-state index < -0.39 is 24.4 Å². The van der Waals surface area contributed by atoms with Crippen LogP contribution in [-0.4, -0.2) is 63.8 Å². The minimum atomic E-state index is -1.30. The van der Waals surface area contributed by atoms with E-state index in [1.54, 1.807) is 0 Å². The van der Waals surface area contributed by atoms with Crippen LogP contribution in [0.5, 0.6) is 0 Å². The van der Waals surface area contributed by atoms with Gasteiger partial charge in [0.05, 0.1) is 12.6 Å². The van der Waals surface area contributed by atoms with Gasteiger partial charge in [0.2, 0.25) is 0 Å². The van der Waals surface area contributed by atoms with E-state index >= 15 is 0 Å². The second-order valence-electron chi connectivity index (χ2n) is 4.53. The Morgan fingerprint density at radius 3 is 2.44 bits per heavy atom. The first-order valence-corrected chi connectivity index (χ1v) is 5.59. The van der Waals surface area contributed by atoms with Gasteiger partial charge in [-0.1, -0.05) is 0 Å². The number of hydrogen-bond donors (Lipinski definition) is 5. The lowest BCUT2D eigenvalue weighted by Gasteiger charge is -2.36. The van der Waals surface area contributed by atoms with Crippen LogP contribution in [0.15, 0.2) is 4.99 Å². The second-order valence-corrected chi connectivity index (χ2v) is 4.53. The summed E-state index contributed by atoms with van der Waals surface area (Å²) in [6, 6.07) is -0.670. The van der Waals surface area contributed by atoms with E-state index in [0.717, 1.165) is 12.8 Å². The van der Waals surface area contributed by atoms with Gasteiger partial charge >= 0.3 is 0 Å². The van der Waals surface area contributed by atoms with Crippen LogP contribution in [0.3, 0.4) is 0 Å². The van der Waals surface area contributed by atoms with Crippen molar-refractivity contribution in [1.82, 2.24) is 5.32 Å². The molecule has 2 aliphatic rings. The van der Waals surface area contributed by atoms with Crippen LogP contribution >= 0.6 is 0 Å². The standard InChI is InChI=1S/C10H18N2O4/c13-4-6-7(14)8(15)9(16)10(12-6)11-3-5-1-2-5/h5-9,13-16H,1-4H2,(H,11,12)/t6-,7+,8+,9-/m1/s1. The fraction of sp³-hybridized carbons (Fsp3) is 0.900. The molecule has 5 N–H and O–H groups in total. The van der Waals surface area contributed by atoms with Gasteiger partial charge in [0, 0.05) is 6.54 Å². The van der Waals surface area contributed by atoms with Gasteiger partial charge in [-0.3, -0.25) is 4.99 Å². The van der Waals surface area contributed by atoms with Crippen LogP contribution in [0, 0.1) is 5.92 Å². The van der Waals surface area contributed by atoms with Gasteiger partial charge in [-0.25, -0.2) is 0 Å². The van der Waals surface area contributed by atoms with Gasteiger partial charge in [0.25, 0.3) is 0 Å². The van der Waals surface area contributed by atoms with Crippen molar-refractivity contribution in [3.63, 3.8) is 0 Å². The molecule has 2 fully saturated rings. The van der Waals surface area contributed by atoms with Crippen LogP contribution in [0.25, 0.3) is 0 Å². The van der Waals surface area contributed by atoms with E-state index in [-0.39, 0.29) is 12.4 Å². The Kier molecular flexibility index (Phi) is 3.44. The molecule has 0 aromatic rings. The van der Waals surface area contributed by atoms with Crippen LogP contribution in [0.2, 0.25) is 0 Å². The van der Waals surface area contributed by atoms with Gasteiger partial charge in [-0.05, 0) is 18.8 Å². The predicted octanol–water partition coefficient (Wildman–Crippen LogP) is -2.16. The normalized spacial score (nSPS) is 42.1. The van der Waals surface area contributed by atoms with E-state index in [0.29, 0.717) is 12.5 Å². The molecule has 1 saturated heterocycles. The third-order valence-corrected chi connectivity index (χ3v) is 3.11. The van der Waals surface area contributed by atoms with Crippen molar-refractivity contribution >= 4 is 5.84 Å². The van der Waals surface area contributed by atoms with Crippen LogP contribution in [0.4, 0.5) is 0 Å². The van der Waals surface area contributed by atoms with Crippen molar-refractivity contribution in [3.05, 3.63) is 0 Å². The molecule has 0 aromatic carbocycles. The summed E-state index contributed by atoms with van der Waals surface area (Å²) in [5.74, 6) is 0.849. The lowest BCUT2D eigenvalue weighted by molar-refractivity contribution is -0.0681. The number of rotatable bonds is 3. The molecule has 6 heteroatoms. The maximum atomic E-state index is 9.67. The topological polar surface area (TPSA) is 105 Å². The first-order valence-electron chi connectivity index (χ1n) is 5.59. The van der Waals surface area contributed by atoms with E-state index in [1.807, 2.05) is 0 Å². The monoisotopic (exact) mass is 230 g/mol. The third-order valence-electron chi connectivity index (χ3n) is 3.11. The number of nitrogens with one attached hydrogen (secondary N) is 1. The molecule has 0 aromatic heterocycles. The van der Waals surface area contributed by atoms with Gasteiger partial charge in [-0.15, -0.1) is 0 Å². The van der Waals surface area contributed by atoms with Gasteiger partial charge in [0.15, 0.2) is 0 Å². The van der Waals surface area contributed by atoms with Gasteiger partial charge in [0.1, 0.15) is 24.1 Å². The summed E-state index contributed by atoms with van der Waals surface area (Å²) in [6.07, 6.45) is -1.36. The lowest BCUT2D eigenvalue weighted by atomic mass is 9.95. The largest absolute Gasteiger partial charge is 0.394 e. The molecule has 1 heterocycles. The second kappa shape index (κ2) is 4.67. The number of aliphatic hydroxyl groups is 4. The molecule has 92 valence electrons. The molecule has 6 nitrogen and oxygen atoms in total. The summed E-state index contributed by atoms with van der Waals surface area (Å²) in [4.78, 5) is 4.18. The highest BCUT2D eigenvalue weighted by atomic mass is 16.4. The fourth-order valence-electron chi connectivity index (χ4n) is 1.77. The number of piperidine rings is 1. The van der Waals surface area contributed by atoms with Crippen LogP contribution in [0.1, 0.15) is 12.8 Å². The van der Waals surface area contributed by atoms with Crippen molar-refractivity contribution in [1.29, 1.82) is 0 Å². The SMILES string of the molecule is OC[C@H]1NC(=NCC2CC2)[C@H](O)[C@@H](O)[C@H]1O. The molecule has 0 radical (unpaired) electrons. The number of amidine groups is 1. The molecule has 2 rings (SSSR count). The average molecular weight is 230 g/mol. The Morgan fingerprint density at radius 1 is 1.19 bits per heavy atom. The Hall–Kier alpha value is -0.690. The summed E-state index contributed by atoms with van der Waals surface area (Å²) in [5, 5.41) is 40.5. The molecular weight excluding hydrogens is 212 g/mol. The number of hydrogen-bond acceptors (Lipinski definition) is 5. The van der Waals surface area contributed by atoms with Crippen molar-refractivity contribution in [2.45, 2.75) is 37.2 Å². The molecule has 4 atom stereocenters. The first kappa shape index (κ1) is 11.8. The smallest absolute Gasteiger partial charge is 0.139 e. The fourth-order valence-corrected chi connectivity index (χ4v) is 1.77. The highest BCUT2D eigenvalue weighted by Crippen LogP contribution is 2.29. The van der Waals surface area contributed by atoms with E-state index in [9.17, 15) is 15.3 Å². The Balaban J connectivity index is 2.02. The van der Waals surface area contributed by atoms with E-state index in [2.05, 4.69) is 10.3 Å². The maximum Gasteiger partial charge on any atom is 0.139 e. The molecule has 0 spiro atoms. The Morgan fingerprint density at radius 2 is 1.88 bits per heavy atom. The van der Waals surface area contributed by atoms with Gasteiger partial charge < -0.3 is 25.7 Å². The van der Waals surface area contributed by atoms with Crippen LogP contribution in [-0.2, 0) is 0 Å². The summed E-state index contributed by atoms with van der Waals surface area (Å²) >= 11 is 0. The van der Waals surface area contributed by atoms with Crippen molar-refractivity contribution in [2.75, 3.05) is 13.2 Å². The quantitative estimate of drug-likeness (QED) is 0.380. The molecule has 1 saturated carbocycles. The number of aliphatic hydroxyl groups excluding tert-OH is 4. The zero-order chi connectivity index (χ0) is 11.7. The number of aliphatic imine (C=N–C) groups is 1. The van der Waals surface area contributed by atoms with E-state index in [1.165, 1.54) is 0 Å². The van der Waals surface area contributed by atoms with Gasteiger partial charge in [-0.2, -0.15) is 0 Å². The molecule has 0 amide bonds. The Bertz CT molecular complexity index is 278. The summed E-state index contributed by atoms with van der Waals surface area (Å²) in [7, 11) is 0. The minimum Gasteiger partial charge on any atom is -0.394 e. The molecule has 0 bridgehead atoms. The molecule has 0 unspecified atom stereocenters. The average Bonchev–Trinajstić information content (AvgIpc) is 3.09. The highest BCUT2D eigenvalue weighted by Gasteiger charge is 2.40. The molecule has 1 aliphatic carbocycles. The summed E-state index contributed by atoms with van der Waals surface area (Å²) in [5.41, 5.74) is 0. The Labute approximate surface area is 93.6 Å². The van der Waals surface area contributed by atoms with Crippen molar-refractivity contribution in [2.24, 2.45) is 10.9 Å². The van der Waals surface area contributed by atoms with E-state index in [4.69, 9.17) is 5.11 Å². The highest BCUT2D eigenvalue weighted by molar-refractivity contribution is 5.88. The summed E-state index contributed by atoms with van der Waals surface area (Å²) in [6.45, 7) is 0.313. The number of nitrogens with zero attached hydrogens (tertiary/aromatic N) is 1. The molecule has 16 heavy (non-hydrogen) atoms. The minimum absolute atomic E-state index is 0.267. The van der Waals surface area contributed by atoms with Crippen molar-refractivity contribution in [3.8, 4) is 0 Å². The maximum absolute atomic E-state index is 9.67. The predicted molar refractivity (Wildman–Crippen MR) is 57.1 cm³/mol. The zero-order valence-electron chi connectivity index (χ0n) is 8.95. The zero-order valence-corrected chi connectivity index (χ0v) is 8.95. The lowest BCUT2D eigenvalue weighted by Crippen LogP contribution is -2.64. The molecular formula is C10H18N2O4. The summed E-state index contributed by atoms with van der Waals surface area (Å²) < 4.78 is 0.